The maximum atomic E-state index is 3.53. The first-order chi connectivity index (χ1) is 5.39. The SMILES string of the molecule is CC.CC1CCCCC1.CS. The minimum absolute atomic E-state index is 1.04. The van der Waals surface area contributed by atoms with E-state index in [0.29, 0.717) is 0 Å². The summed E-state index contributed by atoms with van der Waals surface area (Å²) in [4.78, 5) is 0. The molecule has 1 heteroatoms. The van der Waals surface area contributed by atoms with Crippen LogP contribution in [0.4, 0.5) is 0 Å². The average molecular weight is 176 g/mol. The average Bonchev–Trinajstić information content (AvgIpc) is 2.13. The predicted molar refractivity (Wildman–Crippen MR) is 58.5 cm³/mol. The normalized spacial score (nSPS) is 17.2. The van der Waals surface area contributed by atoms with E-state index in [-0.39, 0.29) is 0 Å². The fourth-order valence-corrected chi connectivity index (χ4v) is 1.31. The molecule has 1 aliphatic carbocycles. The van der Waals surface area contributed by atoms with Crippen molar-refractivity contribution in [3.63, 3.8) is 0 Å². The van der Waals surface area contributed by atoms with Crippen LogP contribution in [0.3, 0.4) is 0 Å². The lowest BCUT2D eigenvalue weighted by molar-refractivity contribution is 0.385. The summed E-state index contributed by atoms with van der Waals surface area (Å²) in [7, 11) is 0. The van der Waals surface area contributed by atoms with Crippen molar-refractivity contribution in [2.75, 3.05) is 6.26 Å². The third-order valence-corrected chi connectivity index (χ3v) is 1.89. The molecule has 0 aliphatic heterocycles. The lowest BCUT2D eigenvalue weighted by Gasteiger charge is -2.15. The van der Waals surface area contributed by atoms with Crippen molar-refractivity contribution in [2.45, 2.75) is 52.9 Å². The Morgan fingerprint density at radius 2 is 1.27 bits per heavy atom. The highest BCUT2D eigenvalue weighted by molar-refractivity contribution is 7.79. The third-order valence-electron chi connectivity index (χ3n) is 1.89. The maximum Gasteiger partial charge on any atom is -0.0215 e. The van der Waals surface area contributed by atoms with Crippen molar-refractivity contribution < 1.29 is 0 Å². The lowest BCUT2D eigenvalue weighted by atomic mass is 9.91. The molecule has 0 nitrogen and oxygen atoms in total. The van der Waals surface area contributed by atoms with Crippen LogP contribution >= 0.6 is 12.6 Å². The summed E-state index contributed by atoms with van der Waals surface area (Å²) in [6.07, 6.45) is 9.13. The van der Waals surface area contributed by atoms with Crippen LogP contribution in [0.2, 0.25) is 0 Å². The van der Waals surface area contributed by atoms with Gasteiger partial charge in [0.15, 0.2) is 0 Å². The highest BCUT2D eigenvalue weighted by Crippen LogP contribution is 2.21. The molecule has 0 unspecified atom stereocenters. The topological polar surface area (TPSA) is 0 Å². The molecule has 0 radical (unpaired) electrons. The largest absolute Gasteiger partial charge is 0.183 e. The first-order valence-corrected chi connectivity index (χ1v) is 5.74. The summed E-state index contributed by atoms with van der Waals surface area (Å²) < 4.78 is 0. The molecule has 0 bridgehead atoms. The summed E-state index contributed by atoms with van der Waals surface area (Å²) in [5.41, 5.74) is 0. The van der Waals surface area contributed by atoms with E-state index >= 15 is 0 Å². The summed E-state index contributed by atoms with van der Waals surface area (Å²) in [5, 5.41) is 0. The second-order valence-corrected chi connectivity index (χ2v) is 2.74. The zero-order valence-electron chi connectivity index (χ0n) is 8.56. The first kappa shape index (κ1) is 13.9. The van der Waals surface area contributed by atoms with E-state index in [1.807, 2.05) is 13.8 Å². The molecule has 0 heterocycles. The molecule has 1 saturated carbocycles. The lowest BCUT2D eigenvalue weighted by Crippen LogP contribution is -1.99. The van der Waals surface area contributed by atoms with Crippen LogP contribution in [-0.2, 0) is 0 Å². The molecule has 0 N–H and O–H groups in total. The fraction of sp³-hybridized carbons (Fsp3) is 1.00. The molecule has 0 atom stereocenters. The van der Waals surface area contributed by atoms with Crippen LogP contribution in [0.5, 0.6) is 0 Å². The van der Waals surface area contributed by atoms with Gasteiger partial charge >= 0.3 is 0 Å². The van der Waals surface area contributed by atoms with Gasteiger partial charge in [0.25, 0.3) is 0 Å². The minimum Gasteiger partial charge on any atom is -0.183 e. The van der Waals surface area contributed by atoms with Gasteiger partial charge in [0.1, 0.15) is 0 Å². The van der Waals surface area contributed by atoms with E-state index in [9.17, 15) is 0 Å². The molecule has 1 rings (SSSR count). The Balaban J connectivity index is 0. The molecular weight excluding hydrogens is 152 g/mol. The Labute approximate surface area is 78.2 Å². The Morgan fingerprint density at radius 3 is 1.45 bits per heavy atom. The highest BCUT2D eigenvalue weighted by atomic mass is 32.1. The monoisotopic (exact) mass is 176 g/mol. The van der Waals surface area contributed by atoms with Gasteiger partial charge in [0.05, 0.1) is 0 Å². The van der Waals surface area contributed by atoms with Gasteiger partial charge in [0.2, 0.25) is 0 Å². The molecule has 0 aromatic heterocycles. The first-order valence-electron chi connectivity index (χ1n) is 4.84. The van der Waals surface area contributed by atoms with Crippen molar-refractivity contribution in [3.8, 4) is 0 Å². The van der Waals surface area contributed by atoms with Crippen LogP contribution in [0, 0.1) is 5.92 Å². The molecular formula is C10H24S. The fourth-order valence-electron chi connectivity index (χ4n) is 1.31. The molecule has 11 heavy (non-hydrogen) atoms. The third kappa shape index (κ3) is 10.4. The van der Waals surface area contributed by atoms with Crippen molar-refractivity contribution >= 4 is 12.6 Å². The van der Waals surface area contributed by atoms with Gasteiger partial charge in [-0.1, -0.05) is 52.9 Å². The molecule has 0 aromatic carbocycles. The standard InChI is InChI=1S/C7H14.C2H6.CH4S/c1-7-5-3-2-4-6-7;2*1-2/h7H,2-6H2,1H3;1-2H3;2H,1H3. The van der Waals surface area contributed by atoms with Crippen LogP contribution in [-0.4, -0.2) is 6.26 Å². The second-order valence-electron chi connectivity index (χ2n) is 2.74. The van der Waals surface area contributed by atoms with Gasteiger partial charge in [-0.2, -0.15) is 12.6 Å². The zero-order chi connectivity index (χ0) is 9.11. The molecule has 0 aromatic rings. The Bertz CT molecular complexity index is 46.8. The predicted octanol–water partition coefficient (Wildman–Crippen LogP) is 4.16. The number of rotatable bonds is 0. The minimum atomic E-state index is 1.04. The van der Waals surface area contributed by atoms with Crippen LogP contribution in [0.15, 0.2) is 0 Å². The summed E-state index contributed by atoms with van der Waals surface area (Å²) in [5.74, 6) is 1.04. The van der Waals surface area contributed by atoms with Gasteiger partial charge in [-0.15, -0.1) is 0 Å². The van der Waals surface area contributed by atoms with E-state index in [2.05, 4.69) is 19.6 Å². The van der Waals surface area contributed by atoms with Crippen molar-refractivity contribution in [1.29, 1.82) is 0 Å². The van der Waals surface area contributed by atoms with Gasteiger partial charge in [-0.25, -0.2) is 0 Å². The van der Waals surface area contributed by atoms with E-state index in [1.165, 1.54) is 32.1 Å². The van der Waals surface area contributed by atoms with Crippen LogP contribution in [0.25, 0.3) is 0 Å². The quantitative estimate of drug-likeness (QED) is 0.526. The van der Waals surface area contributed by atoms with Crippen molar-refractivity contribution in [1.82, 2.24) is 0 Å². The van der Waals surface area contributed by atoms with Gasteiger partial charge in [-0.05, 0) is 12.2 Å². The molecule has 0 saturated heterocycles. The van der Waals surface area contributed by atoms with Crippen molar-refractivity contribution in [2.24, 2.45) is 5.92 Å². The second kappa shape index (κ2) is 13.0. The molecule has 1 aliphatic rings. The molecule has 70 valence electrons. The van der Waals surface area contributed by atoms with Gasteiger partial charge < -0.3 is 0 Å². The van der Waals surface area contributed by atoms with Gasteiger partial charge in [-0.3, -0.25) is 0 Å². The van der Waals surface area contributed by atoms with Gasteiger partial charge in [0, 0.05) is 0 Å². The Morgan fingerprint density at radius 1 is 0.909 bits per heavy atom. The number of hydrogen-bond donors (Lipinski definition) is 1. The van der Waals surface area contributed by atoms with Crippen LogP contribution in [0.1, 0.15) is 52.9 Å². The molecule has 1 fully saturated rings. The summed E-state index contributed by atoms with van der Waals surface area (Å²) in [6, 6.07) is 0. The van der Waals surface area contributed by atoms with E-state index in [0.717, 1.165) is 5.92 Å². The highest BCUT2D eigenvalue weighted by Gasteiger charge is 2.05. The molecule has 0 amide bonds. The number of hydrogen-bond acceptors (Lipinski definition) is 1. The zero-order valence-corrected chi connectivity index (χ0v) is 9.45. The van der Waals surface area contributed by atoms with E-state index in [4.69, 9.17) is 0 Å². The summed E-state index contributed by atoms with van der Waals surface area (Å²) >= 11 is 3.53. The van der Waals surface area contributed by atoms with Crippen LogP contribution < -0.4 is 0 Å². The van der Waals surface area contributed by atoms with E-state index < -0.39 is 0 Å². The number of thiol groups is 1. The Kier molecular flexibility index (Phi) is 16.4. The van der Waals surface area contributed by atoms with E-state index in [1.54, 1.807) is 6.26 Å². The summed E-state index contributed by atoms with van der Waals surface area (Å²) in [6.45, 7) is 6.36. The Hall–Kier alpha value is 0.350. The molecule has 0 spiro atoms. The van der Waals surface area contributed by atoms with Crippen molar-refractivity contribution in [3.05, 3.63) is 0 Å². The smallest absolute Gasteiger partial charge is 0.0215 e. The maximum absolute atomic E-state index is 3.53.